The number of nitrogen functional groups attached to an aromatic ring is 1. The summed E-state index contributed by atoms with van der Waals surface area (Å²) in [6.45, 7) is -0.642. The predicted molar refractivity (Wildman–Crippen MR) is 76.4 cm³/mol. The highest BCUT2D eigenvalue weighted by Gasteiger charge is 2.45. The van der Waals surface area contributed by atoms with Crippen LogP contribution in [0.5, 0.6) is 0 Å². The SMILES string of the molecule is N=C(N)c1ccnc2nc(NCCNS(=O)(=O)C(F)(F)F)[nH]c12. The fourth-order valence-corrected chi connectivity index (χ4v) is 2.20. The van der Waals surface area contributed by atoms with Crippen molar-refractivity contribution in [1.29, 1.82) is 5.41 Å². The molecular formula is C10H12F3N7O2S. The molecule has 0 atom stereocenters. The van der Waals surface area contributed by atoms with Gasteiger partial charge in [-0.1, -0.05) is 0 Å². The molecule has 0 aliphatic rings. The number of fused-ring (bicyclic) bond motifs is 1. The second-order valence-corrected chi connectivity index (χ2v) is 6.08. The van der Waals surface area contributed by atoms with E-state index in [9.17, 15) is 21.6 Å². The summed E-state index contributed by atoms with van der Waals surface area (Å²) in [5.74, 6) is -0.0436. The van der Waals surface area contributed by atoms with Crippen molar-refractivity contribution < 1.29 is 21.6 Å². The summed E-state index contributed by atoms with van der Waals surface area (Å²) in [6, 6.07) is 1.50. The van der Waals surface area contributed by atoms with Crippen LogP contribution in [0.2, 0.25) is 0 Å². The molecule has 13 heteroatoms. The van der Waals surface area contributed by atoms with E-state index in [1.165, 1.54) is 17.0 Å². The molecule has 0 saturated carbocycles. The lowest BCUT2D eigenvalue weighted by molar-refractivity contribution is -0.0447. The largest absolute Gasteiger partial charge is 0.511 e. The standard InChI is InChI=1S/C10H12F3N7O2S/c11-10(12,13)23(21,22)18-4-3-17-9-19-6-5(7(14)15)1-2-16-8(6)20-9/h1-2,18H,3-4H2,(H3,14,15)(H2,16,17,19,20). The number of nitrogens with zero attached hydrogens (tertiary/aromatic N) is 2. The Kier molecular flexibility index (Phi) is 4.42. The van der Waals surface area contributed by atoms with E-state index in [1.54, 1.807) is 0 Å². The molecule has 0 amide bonds. The molecule has 2 rings (SSSR count). The summed E-state index contributed by atoms with van der Waals surface area (Å²) >= 11 is 0. The average Bonchev–Trinajstić information content (AvgIpc) is 2.84. The fraction of sp³-hybridized carbons (Fsp3) is 0.300. The van der Waals surface area contributed by atoms with Crippen LogP contribution in [0, 0.1) is 5.41 Å². The highest BCUT2D eigenvalue weighted by Crippen LogP contribution is 2.21. The minimum atomic E-state index is -5.37. The summed E-state index contributed by atoms with van der Waals surface area (Å²) in [4.78, 5) is 10.7. The van der Waals surface area contributed by atoms with Crippen molar-refractivity contribution in [1.82, 2.24) is 19.7 Å². The second-order valence-electron chi connectivity index (χ2n) is 4.33. The van der Waals surface area contributed by atoms with E-state index in [4.69, 9.17) is 11.1 Å². The average molecular weight is 351 g/mol. The lowest BCUT2D eigenvalue weighted by Crippen LogP contribution is -2.38. The Hall–Kier alpha value is -2.41. The third-order valence-electron chi connectivity index (χ3n) is 2.70. The first-order valence-corrected chi connectivity index (χ1v) is 7.59. The monoisotopic (exact) mass is 351 g/mol. The molecule has 126 valence electrons. The minimum absolute atomic E-state index is 0.148. The Balaban J connectivity index is 2.01. The Labute approximate surface area is 128 Å². The number of aromatic amines is 1. The molecule has 0 unspecified atom stereocenters. The molecule has 0 bridgehead atoms. The number of alkyl halides is 3. The van der Waals surface area contributed by atoms with E-state index in [1.807, 2.05) is 0 Å². The Morgan fingerprint density at radius 1 is 1.39 bits per heavy atom. The molecule has 0 radical (unpaired) electrons. The van der Waals surface area contributed by atoms with Gasteiger partial charge >= 0.3 is 15.5 Å². The van der Waals surface area contributed by atoms with Gasteiger partial charge in [-0.15, -0.1) is 0 Å². The lowest BCUT2D eigenvalue weighted by Gasteiger charge is -2.09. The lowest BCUT2D eigenvalue weighted by atomic mass is 10.2. The number of amidine groups is 1. The Bertz CT molecular complexity index is 831. The van der Waals surface area contributed by atoms with Crippen LogP contribution in [0.4, 0.5) is 19.1 Å². The molecule has 9 nitrogen and oxygen atoms in total. The van der Waals surface area contributed by atoms with E-state index in [-0.39, 0.29) is 24.0 Å². The van der Waals surface area contributed by atoms with Crippen molar-refractivity contribution in [3.8, 4) is 0 Å². The molecule has 0 saturated heterocycles. The number of aromatic nitrogens is 3. The van der Waals surface area contributed by atoms with Gasteiger partial charge < -0.3 is 16.0 Å². The normalized spacial score (nSPS) is 12.5. The van der Waals surface area contributed by atoms with Gasteiger partial charge in [0.2, 0.25) is 5.95 Å². The van der Waals surface area contributed by atoms with Crippen LogP contribution >= 0.6 is 0 Å². The van der Waals surface area contributed by atoms with E-state index < -0.39 is 22.1 Å². The summed E-state index contributed by atoms with van der Waals surface area (Å²) in [5, 5.41) is 10.0. The molecular weight excluding hydrogens is 339 g/mol. The molecule has 23 heavy (non-hydrogen) atoms. The van der Waals surface area contributed by atoms with E-state index in [0.717, 1.165) is 0 Å². The van der Waals surface area contributed by atoms with Gasteiger partial charge in [-0.3, -0.25) is 5.41 Å². The van der Waals surface area contributed by atoms with Crippen LogP contribution in [-0.4, -0.2) is 47.8 Å². The number of pyridine rings is 1. The van der Waals surface area contributed by atoms with Crippen molar-refractivity contribution >= 4 is 33.0 Å². The highest BCUT2D eigenvalue weighted by molar-refractivity contribution is 7.90. The van der Waals surface area contributed by atoms with E-state index >= 15 is 0 Å². The summed E-state index contributed by atoms with van der Waals surface area (Å²) in [5.41, 5.74) is 1.07. The van der Waals surface area contributed by atoms with Gasteiger partial charge in [-0.25, -0.2) is 18.1 Å². The van der Waals surface area contributed by atoms with Crippen molar-refractivity contribution in [2.24, 2.45) is 5.73 Å². The summed E-state index contributed by atoms with van der Waals surface area (Å²) < 4.78 is 59.3. The van der Waals surface area contributed by atoms with E-state index in [2.05, 4.69) is 20.3 Å². The maximum atomic E-state index is 12.1. The zero-order valence-electron chi connectivity index (χ0n) is 11.4. The second kappa shape index (κ2) is 6.00. The number of sulfonamides is 1. The van der Waals surface area contributed by atoms with Gasteiger partial charge in [0, 0.05) is 24.8 Å². The molecule has 0 aliphatic heterocycles. The van der Waals surface area contributed by atoms with Gasteiger partial charge in [0.1, 0.15) is 5.84 Å². The number of nitrogens with one attached hydrogen (secondary N) is 4. The van der Waals surface area contributed by atoms with Crippen molar-refractivity contribution in [2.75, 3.05) is 18.4 Å². The van der Waals surface area contributed by atoms with Crippen LogP contribution in [0.3, 0.4) is 0 Å². The number of rotatable bonds is 6. The topological polar surface area (TPSA) is 150 Å². The Morgan fingerprint density at radius 2 is 2.09 bits per heavy atom. The highest BCUT2D eigenvalue weighted by atomic mass is 32.2. The van der Waals surface area contributed by atoms with E-state index in [0.29, 0.717) is 11.1 Å². The number of anilines is 1. The van der Waals surface area contributed by atoms with Gasteiger partial charge in [0.05, 0.1) is 5.52 Å². The van der Waals surface area contributed by atoms with Crippen LogP contribution in [0.15, 0.2) is 12.3 Å². The quantitative estimate of drug-likeness (QED) is 0.283. The number of H-pyrrole nitrogens is 1. The van der Waals surface area contributed by atoms with Crippen molar-refractivity contribution in [3.05, 3.63) is 17.8 Å². The molecule has 0 spiro atoms. The molecule has 0 fully saturated rings. The molecule has 0 aliphatic carbocycles. The molecule has 2 aromatic rings. The first-order chi connectivity index (χ1) is 10.6. The maximum absolute atomic E-state index is 12.1. The molecule has 6 N–H and O–H groups in total. The fourth-order valence-electron chi connectivity index (χ4n) is 1.67. The molecule has 0 aromatic carbocycles. The first-order valence-electron chi connectivity index (χ1n) is 6.11. The zero-order valence-corrected chi connectivity index (χ0v) is 12.2. The predicted octanol–water partition coefficient (Wildman–Crippen LogP) is 0.0931. The van der Waals surface area contributed by atoms with Crippen molar-refractivity contribution in [3.63, 3.8) is 0 Å². The zero-order chi connectivity index (χ0) is 17.3. The minimum Gasteiger partial charge on any atom is -0.384 e. The van der Waals surface area contributed by atoms with Gasteiger partial charge in [-0.05, 0) is 6.07 Å². The van der Waals surface area contributed by atoms with Gasteiger partial charge in [0.25, 0.3) is 0 Å². The number of nitrogens with two attached hydrogens (primary N) is 1. The number of hydrogen-bond acceptors (Lipinski definition) is 6. The smallest absolute Gasteiger partial charge is 0.384 e. The van der Waals surface area contributed by atoms with Gasteiger partial charge in [0.15, 0.2) is 5.65 Å². The molecule has 2 aromatic heterocycles. The van der Waals surface area contributed by atoms with Gasteiger partial charge in [-0.2, -0.15) is 18.2 Å². The third kappa shape index (κ3) is 3.68. The summed E-state index contributed by atoms with van der Waals surface area (Å²) in [7, 11) is -5.37. The third-order valence-corrected chi connectivity index (χ3v) is 3.89. The summed E-state index contributed by atoms with van der Waals surface area (Å²) in [6.07, 6.45) is 1.40. The number of hydrogen-bond donors (Lipinski definition) is 5. The maximum Gasteiger partial charge on any atom is 0.511 e. The number of imidazole rings is 1. The van der Waals surface area contributed by atoms with Crippen LogP contribution in [0.1, 0.15) is 5.56 Å². The Morgan fingerprint density at radius 3 is 2.70 bits per heavy atom. The van der Waals surface area contributed by atoms with Crippen molar-refractivity contribution in [2.45, 2.75) is 5.51 Å². The van der Waals surface area contributed by atoms with Crippen LogP contribution in [-0.2, 0) is 10.0 Å². The first kappa shape index (κ1) is 17.0. The molecule has 2 heterocycles. The van der Waals surface area contributed by atoms with Crippen LogP contribution < -0.4 is 15.8 Å². The van der Waals surface area contributed by atoms with Crippen LogP contribution in [0.25, 0.3) is 11.2 Å². The number of halogens is 3.